The highest BCUT2D eigenvalue weighted by Crippen LogP contribution is 2.26. The summed E-state index contributed by atoms with van der Waals surface area (Å²) in [5.74, 6) is 0.540. The summed E-state index contributed by atoms with van der Waals surface area (Å²) in [6, 6.07) is 9.35. The van der Waals surface area contributed by atoms with E-state index in [2.05, 4.69) is 15.6 Å². The van der Waals surface area contributed by atoms with E-state index in [1.165, 1.54) is 0 Å². The molecule has 0 atom stereocenters. The van der Waals surface area contributed by atoms with E-state index in [-0.39, 0.29) is 5.91 Å². The van der Waals surface area contributed by atoms with E-state index in [1.54, 1.807) is 12.3 Å². The standard InChI is InChI=1S/C16H18ClN3O/c1-3-5-16(21)20-15-9-8-12(10-18-15)19-14-7-4-6-13(17)11(14)2/h4,6-10,19H,3,5H2,1-2H3,(H,18,20,21). The van der Waals surface area contributed by atoms with E-state index >= 15 is 0 Å². The number of nitrogens with one attached hydrogen (secondary N) is 2. The van der Waals surface area contributed by atoms with Crippen molar-refractivity contribution in [2.75, 3.05) is 10.6 Å². The molecule has 0 aliphatic rings. The van der Waals surface area contributed by atoms with E-state index < -0.39 is 0 Å². The lowest BCUT2D eigenvalue weighted by molar-refractivity contribution is -0.116. The maximum atomic E-state index is 11.5. The maximum Gasteiger partial charge on any atom is 0.225 e. The van der Waals surface area contributed by atoms with E-state index in [0.717, 1.165) is 28.4 Å². The molecular formula is C16H18ClN3O. The van der Waals surface area contributed by atoms with E-state index in [1.807, 2.05) is 38.1 Å². The van der Waals surface area contributed by atoms with Gasteiger partial charge in [-0.15, -0.1) is 0 Å². The number of hydrogen-bond donors (Lipinski definition) is 2. The minimum Gasteiger partial charge on any atom is -0.354 e. The number of carbonyl (C=O) groups is 1. The zero-order valence-electron chi connectivity index (χ0n) is 12.1. The van der Waals surface area contributed by atoms with Gasteiger partial charge in [0.05, 0.1) is 11.9 Å². The number of aromatic nitrogens is 1. The third kappa shape index (κ3) is 4.20. The highest BCUT2D eigenvalue weighted by atomic mass is 35.5. The van der Waals surface area contributed by atoms with Crippen LogP contribution in [0, 0.1) is 6.92 Å². The number of pyridine rings is 1. The molecular weight excluding hydrogens is 286 g/mol. The average molecular weight is 304 g/mol. The van der Waals surface area contributed by atoms with Gasteiger partial charge >= 0.3 is 0 Å². The van der Waals surface area contributed by atoms with Crippen LogP contribution in [0.1, 0.15) is 25.3 Å². The summed E-state index contributed by atoms with van der Waals surface area (Å²) in [6.07, 6.45) is 3.00. The zero-order chi connectivity index (χ0) is 15.2. The Morgan fingerprint density at radius 1 is 1.29 bits per heavy atom. The highest BCUT2D eigenvalue weighted by Gasteiger charge is 2.04. The normalized spacial score (nSPS) is 10.2. The molecule has 0 aliphatic carbocycles. The summed E-state index contributed by atoms with van der Waals surface area (Å²) in [4.78, 5) is 15.7. The van der Waals surface area contributed by atoms with Crippen LogP contribution in [0.3, 0.4) is 0 Å². The number of anilines is 3. The van der Waals surface area contributed by atoms with Gasteiger partial charge < -0.3 is 10.6 Å². The topological polar surface area (TPSA) is 54.0 Å². The van der Waals surface area contributed by atoms with Crippen LogP contribution in [0.25, 0.3) is 0 Å². The van der Waals surface area contributed by atoms with E-state index in [0.29, 0.717) is 12.2 Å². The molecule has 2 N–H and O–H groups in total. The number of carbonyl (C=O) groups excluding carboxylic acids is 1. The Hall–Kier alpha value is -2.07. The van der Waals surface area contributed by atoms with Crippen molar-refractivity contribution in [3.05, 3.63) is 47.1 Å². The van der Waals surface area contributed by atoms with E-state index in [9.17, 15) is 4.79 Å². The number of benzene rings is 1. The molecule has 1 aromatic heterocycles. The molecule has 0 radical (unpaired) electrons. The Labute approximate surface area is 129 Å². The van der Waals surface area contributed by atoms with Gasteiger partial charge in [0.2, 0.25) is 5.91 Å². The first-order valence-electron chi connectivity index (χ1n) is 6.88. The molecule has 0 fully saturated rings. The molecule has 0 saturated heterocycles. The van der Waals surface area contributed by atoms with Crippen LogP contribution >= 0.6 is 11.6 Å². The molecule has 1 amide bonds. The average Bonchev–Trinajstić information content (AvgIpc) is 2.46. The molecule has 0 unspecified atom stereocenters. The molecule has 1 aromatic carbocycles. The summed E-state index contributed by atoms with van der Waals surface area (Å²) >= 11 is 6.09. The summed E-state index contributed by atoms with van der Waals surface area (Å²) in [6.45, 7) is 3.92. The zero-order valence-corrected chi connectivity index (χ0v) is 12.9. The smallest absolute Gasteiger partial charge is 0.225 e. The molecule has 21 heavy (non-hydrogen) atoms. The Bertz CT molecular complexity index is 626. The van der Waals surface area contributed by atoms with Crippen molar-refractivity contribution in [2.24, 2.45) is 0 Å². The number of hydrogen-bond acceptors (Lipinski definition) is 3. The molecule has 4 nitrogen and oxygen atoms in total. The Morgan fingerprint density at radius 3 is 2.76 bits per heavy atom. The van der Waals surface area contributed by atoms with Gasteiger partial charge in [-0.3, -0.25) is 4.79 Å². The maximum absolute atomic E-state index is 11.5. The SMILES string of the molecule is CCCC(=O)Nc1ccc(Nc2cccc(Cl)c2C)cn1. The van der Waals surface area contributed by atoms with Crippen molar-refractivity contribution >= 4 is 34.7 Å². The first-order valence-corrected chi connectivity index (χ1v) is 7.26. The third-order valence-corrected chi connectivity index (χ3v) is 3.46. The highest BCUT2D eigenvalue weighted by molar-refractivity contribution is 6.31. The van der Waals surface area contributed by atoms with Crippen molar-refractivity contribution < 1.29 is 4.79 Å². The van der Waals surface area contributed by atoms with Crippen LogP contribution in [0.2, 0.25) is 5.02 Å². The predicted octanol–water partition coefficient (Wildman–Crippen LogP) is 4.53. The fourth-order valence-electron chi connectivity index (χ4n) is 1.87. The first kappa shape index (κ1) is 15.3. The Morgan fingerprint density at radius 2 is 2.10 bits per heavy atom. The monoisotopic (exact) mass is 303 g/mol. The minimum absolute atomic E-state index is 0.0172. The lowest BCUT2D eigenvalue weighted by Crippen LogP contribution is -2.11. The molecule has 1 heterocycles. The fourth-order valence-corrected chi connectivity index (χ4v) is 2.05. The number of halogens is 1. The third-order valence-electron chi connectivity index (χ3n) is 3.05. The first-order chi connectivity index (χ1) is 10.1. The van der Waals surface area contributed by atoms with Crippen LogP contribution in [-0.4, -0.2) is 10.9 Å². The molecule has 2 aromatic rings. The fraction of sp³-hybridized carbons (Fsp3) is 0.250. The Kier molecular flexibility index (Phi) is 5.17. The van der Waals surface area contributed by atoms with Crippen molar-refractivity contribution in [3.8, 4) is 0 Å². The lowest BCUT2D eigenvalue weighted by Gasteiger charge is -2.11. The number of rotatable bonds is 5. The molecule has 0 saturated carbocycles. The van der Waals surface area contributed by atoms with Crippen LogP contribution in [0.4, 0.5) is 17.2 Å². The van der Waals surface area contributed by atoms with E-state index in [4.69, 9.17) is 11.6 Å². The van der Waals surface area contributed by atoms with Gasteiger partial charge in [-0.05, 0) is 43.2 Å². The molecule has 5 heteroatoms. The molecule has 110 valence electrons. The van der Waals surface area contributed by atoms with Gasteiger partial charge in [0, 0.05) is 17.1 Å². The summed E-state index contributed by atoms with van der Waals surface area (Å²) in [7, 11) is 0. The molecule has 2 rings (SSSR count). The second kappa shape index (κ2) is 7.09. The Balaban J connectivity index is 2.05. The molecule has 0 bridgehead atoms. The molecule has 0 spiro atoms. The predicted molar refractivity (Wildman–Crippen MR) is 87.2 cm³/mol. The van der Waals surface area contributed by atoms with Gasteiger partial charge in [-0.2, -0.15) is 0 Å². The van der Waals surface area contributed by atoms with Gasteiger partial charge in [-0.1, -0.05) is 24.6 Å². The van der Waals surface area contributed by atoms with Crippen LogP contribution in [0.5, 0.6) is 0 Å². The van der Waals surface area contributed by atoms with Gasteiger partial charge in [0.1, 0.15) is 5.82 Å². The second-order valence-electron chi connectivity index (χ2n) is 4.77. The van der Waals surface area contributed by atoms with Crippen molar-refractivity contribution in [1.29, 1.82) is 0 Å². The number of nitrogens with zero attached hydrogens (tertiary/aromatic N) is 1. The van der Waals surface area contributed by atoms with Crippen molar-refractivity contribution in [1.82, 2.24) is 4.98 Å². The largest absolute Gasteiger partial charge is 0.354 e. The molecule has 0 aliphatic heterocycles. The van der Waals surface area contributed by atoms with Crippen molar-refractivity contribution in [2.45, 2.75) is 26.7 Å². The summed E-state index contributed by atoms with van der Waals surface area (Å²) < 4.78 is 0. The summed E-state index contributed by atoms with van der Waals surface area (Å²) in [5, 5.41) is 6.73. The van der Waals surface area contributed by atoms with Gasteiger partial charge in [0.25, 0.3) is 0 Å². The van der Waals surface area contributed by atoms with Crippen LogP contribution in [-0.2, 0) is 4.79 Å². The summed E-state index contributed by atoms with van der Waals surface area (Å²) in [5.41, 5.74) is 2.76. The van der Waals surface area contributed by atoms with Gasteiger partial charge in [0.15, 0.2) is 0 Å². The van der Waals surface area contributed by atoms with Crippen LogP contribution in [0.15, 0.2) is 36.5 Å². The number of amides is 1. The minimum atomic E-state index is -0.0172. The second-order valence-corrected chi connectivity index (χ2v) is 5.17. The van der Waals surface area contributed by atoms with Gasteiger partial charge in [-0.25, -0.2) is 4.98 Å². The van der Waals surface area contributed by atoms with Crippen LogP contribution < -0.4 is 10.6 Å². The lowest BCUT2D eigenvalue weighted by atomic mass is 10.2. The quantitative estimate of drug-likeness (QED) is 0.853. The van der Waals surface area contributed by atoms with Crippen molar-refractivity contribution in [3.63, 3.8) is 0 Å².